The van der Waals surface area contributed by atoms with E-state index in [1.165, 1.54) is 70.0 Å². The highest BCUT2D eigenvalue weighted by Gasteiger charge is 2.48. The summed E-state index contributed by atoms with van der Waals surface area (Å²) in [7, 11) is 2.74. The maximum atomic E-state index is 16.2. The number of aliphatic carboxylic acids is 2. The molecular weight excluding hydrogens is 1870 g/mol. The Labute approximate surface area is 834 Å². The van der Waals surface area contributed by atoms with Crippen LogP contribution in [0, 0.1) is 11.8 Å². The maximum absolute atomic E-state index is 16.2. The van der Waals surface area contributed by atoms with Gasteiger partial charge in [-0.05, 0) is 168 Å². The summed E-state index contributed by atoms with van der Waals surface area (Å²) in [6.45, 7) is 5.65. The number of piperidine rings is 1. The van der Waals surface area contributed by atoms with Crippen molar-refractivity contribution in [2.24, 2.45) is 34.0 Å². The number of thioether (sulfide) groups is 1. The second-order valence-corrected chi connectivity index (χ2v) is 39.1. The topological polar surface area (TPSA) is 624 Å². The van der Waals surface area contributed by atoms with Gasteiger partial charge in [0.05, 0.1) is 30.9 Å². The normalized spacial score (nSPS) is 25.0. The van der Waals surface area contributed by atoms with Crippen LogP contribution >= 0.6 is 11.8 Å². The van der Waals surface area contributed by atoms with E-state index in [0.717, 1.165) is 21.6 Å². The first kappa shape index (κ1) is 112. The van der Waals surface area contributed by atoms with Crippen LogP contribution in [0.3, 0.4) is 0 Å². The number of likely N-dealkylation sites (N-methyl/N-ethyl adjacent to an activating group) is 2. The molecule has 43 heteroatoms. The third kappa shape index (κ3) is 31.4. The number of phenolic OH excluding ortho intramolecular Hbond substituents is 1. The lowest BCUT2D eigenvalue weighted by Crippen LogP contribution is -2.61. The number of hydrogen-bond donors (Lipinski definition) is 17. The Kier molecular flexibility index (Phi) is 42.5. The predicted octanol–water partition coefficient (Wildman–Crippen LogP) is 1.64. The van der Waals surface area contributed by atoms with Crippen LogP contribution in [0.5, 0.6) is 5.75 Å². The minimum absolute atomic E-state index is 0.00722. The molecule has 0 radical (unpaired) electrons. The average Bonchev–Trinajstić information content (AvgIpc) is 1.63. The highest BCUT2D eigenvalue weighted by Crippen LogP contribution is 2.32. The molecule has 7 heterocycles. The number of Topliss-reactive ketones (excluding diaryl/α,β-unsaturated/α-hetero) is 1. The Morgan fingerprint density at radius 3 is 1.78 bits per heavy atom. The number of aliphatic hydroxyl groups excluding tert-OH is 1. The number of unbranched alkanes of at least 4 members (excludes halogenated alkanes) is 4. The van der Waals surface area contributed by atoms with E-state index in [0.29, 0.717) is 95.4 Å². The molecule has 778 valence electrons. The van der Waals surface area contributed by atoms with Gasteiger partial charge in [0.15, 0.2) is 5.78 Å². The van der Waals surface area contributed by atoms with Crippen LogP contribution in [0.1, 0.15) is 192 Å². The van der Waals surface area contributed by atoms with Crippen LogP contribution in [0.2, 0.25) is 0 Å². The summed E-state index contributed by atoms with van der Waals surface area (Å²) in [5.74, 6) is -19.4. The van der Waals surface area contributed by atoms with Crippen molar-refractivity contribution in [2.45, 2.75) is 286 Å². The SMILES string of the molecule is CCCC[C@H]1C(=O)N(C)[C@@H](CCCC)C(=O)N[C@@H](CC(C)C)C(=O)N[C@H](C(=O)NCC(N)=O)CSCC(=O)N[C@@H](Cc2ccc(O)cc2)C(=O)N2CCCC[C@H]2C(=O)N[C@@H](CC(=O)O)C(=O)N2CCC[C@H]2C(=O)N[C@@H](CC2=CN=CC2)C(=O)N[C@@H](CCCCN)C(=O)N2C[C@H](O)C[C@H]2C(=O)C[C@@H](Cc2c[nH]c3ccccc23)C(=O)N[C@@H](CCCCN)C(=O)N[C@@H](Cc2cn(CC(=O)O)c3ccccc23)C(=O)N1C. The maximum Gasteiger partial charge on any atom is 0.323 e. The highest BCUT2D eigenvalue weighted by atomic mass is 32.2. The van der Waals surface area contributed by atoms with Crippen LogP contribution in [-0.2, 0) is 112 Å². The lowest BCUT2D eigenvalue weighted by atomic mass is 9.90. The van der Waals surface area contributed by atoms with Crippen LogP contribution in [0.4, 0.5) is 0 Å². The van der Waals surface area contributed by atoms with Gasteiger partial charge in [-0.1, -0.05) is 102 Å². The Morgan fingerprint density at radius 1 is 0.552 bits per heavy atom. The Balaban J connectivity index is 1.05. The number of ketones is 1. The molecule has 4 fully saturated rings. The number of carboxylic acids is 2. The molecule has 15 amide bonds. The molecule has 3 aromatic carbocycles. The van der Waals surface area contributed by atoms with E-state index < -0.39 is 241 Å². The number of H-pyrrole nitrogens is 1. The Hall–Kier alpha value is -13.2. The van der Waals surface area contributed by atoms with Crippen molar-refractivity contribution < 1.29 is 107 Å². The van der Waals surface area contributed by atoms with Gasteiger partial charge in [-0.15, -0.1) is 11.8 Å². The van der Waals surface area contributed by atoms with Gasteiger partial charge >= 0.3 is 11.9 Å². The van der Waals surface area contributed by atoms with E-state index >= 15 is 57.5 Å². The van der Waals surface area contributed by atoms with E-state index in [1.54, 1.807) is 74.8 Å². The average molecular weight is 2010 g/mol. The van der Waals surface area contributed by atoms with E-state index in [1.807, 2.05) is 13.8 Å². The van der Waals surface area contributed by atoms with Crippen LogP contribution in [0.15, 0.2) is 102 Å². The first-order chi connectivity index (χ1) is 68.4. The summed E-state index contributed by atoms with van der Waals surface area (Å²) >= 11 is 0.802. The first-order valence-corrected chi connectivity index (χ1v) is 50.7. The van der Waals surface area contributed by atoms with E-state index in [4.69, 9.17) is 17.2 Å². The third-order valence-electron chi connectivity index (χ3n) is 26.8. The van der Waals surface area contributed by atoms with Gasteiger partial charge < -0.3 is 120 Å². The number of rotatable bonds is 31. The molecular formula is C100H140N20O22S. The summed E-state index contributed by atoms with van der Waals surface area (Å²) < 4.78 is 1.46. The summed E-state index contributed by atoms with van der Waals surface area (Å²) in [4.78, 5) is 281. The zero-order valence-corrected chi connectivity index (χ0v) is 82.9. The van der Waals surface area contributed by atoms with Crippen LogP contribution < -0.4 is 65.1 Å². The number of hydrogen-bond acceptors (Lipinski definition) is 24. The van der Waals surface area contributed by atoms with E-state index in [-0.39, 0.29) is 141 Å². The van der Waals surface area contributed by atoms with E-state index in [2.05, 4.69) is 57.8 Å². The number of benzene rings is 3. The minimum Gasteiger partial charge on any atom is -0.508 e. The number of nitrogens with one attached hydrogen (secondary N) is 10. The molecule has 5 aliphatic rings. The zero-order chi connectivity index (χ0) is 104. The van der Waals surface area contributed by atoms with Crippen molar-refractivity contribution in [1.29, 1.82) is 0 Å². The molecule has 0 aliphatic carbocycles. The molecule has 15 atom stereocenters. The number of carboxylic acid groups (broad SMARTS) is 2. The number of carbonyl (C=O) groups excluding carboxylic acids is 16. The second kappa shape index (κ2) is 54.3. The molecule has 5 aromatic rings. The number of aliphatic imine (C=N–C) groups is 1. The fourth-order valence-corrected chi connectivity index (χ4v) is 20.1. The van der Waals surface area contributed by atoms with Gasteiger partial charge in [0, 0.05) is 124 Å². The lowest BCUT2D eigenvalue weighted by molar-refractivity contribution is -0.149. The quantitative estimate of drug-likeness (QED) is 0.0280. The van der Waals surface area contributed by atoms with Crippen molar-refractivity contribution in [3.63, 3.8) is 0 Å². The van der Waals surface area contributed by atoms with Gasteiger partial charge in [0.2, 0.25) is 88.6 Å². The van der Waals surface area contributed by atoms with Crippen molar-refractivity contribution in [3.8, 4) is 5.75 Å². The molecule has 20 N–H and O–H groups in total. The van der Waals surface area contributed by atoms with Crippen molar-refractivity contribution >= 4 is 146 Å². The standard InChI is InChI=1S/C100H140N20O22S/c1-7-9-27-78-93(135)110-71(42-58(3)4)91(133)114-76(89(131)106-52-84(103)124)56-143-57-85(125)107-73(43-59-32-34-64(121)35-33-59)98(140)118-40-20-17-30-79(118)95(137)113-75(49-86(126)127)99(141)119-41-21-31-80(119)94(136)111-72(44-60-36-39-104-50-60)92(134)109-70(26-16-19-38-102)97(139)120-54-65(122)48-82(120)83(123)47-61(45-62-51-105-68-24-13-11-22-66(62)68)88(130)108-69(25-15-18-37-101)90(132)112-74(96(138)116(6)81(28-10-8-2)100(142)115(78)5)46-63-53-117(55-87(128)129)77-29-14-12-23-67(63)77/h11-14,22-24,29,32-35,39,50-51,53,58,61,65,69-76,78-82,105,121-122H,7-10,15-21,25-28,30-31,36-38,40-49,52,54-57,101-102H2,1-6H3,(H2,103,124)(H,106,131)(H,107,125)(H,108,130)(H,109,134)(H,110,135)(H,111,136)(H,112,132)(H,113,137)(H,114,133)(H,126,127)(H,128,129)/t61-,65-,69+,70+,71+,72+,73+,74+,75+,76+,78+,79+,80+,81+,82+/m1/s1. The number of aromatic nitrogens is 2. The van der Waals surface area contributed by atoms with Crippen molar-refractivity contribution in [3.05, 3.63) is 114 Å². The third-order valence-corrected chi connectivity index (χ3v) is 27.8. The van der Waals surface area contributed by atoms with Gasteiger partial charge in [-0.3, -0.25) is 91.3 Å². The lowest BCUT2D eigenvalue weighted by Gasteiger charge is -2.38. The summed E-state index contributed by atoms with van der Waals surface area (Å²) in [5, 5.41) is 68.5. The molecule has 42 nitrogen and oxygen atoms in total. The molecule has 2 aromatic heterocycles. The number of nitrogens with zero attached hydrogens (tertiary/aromatic N) is 7. The largest absolute Gasteiger partial charge is 0.508 e. The smallest absolute Gasteiger partial charge is 0.323 e. The minimum atomic E-state index is -1.87. The number of aromatic hydroxyl groups is 1. The Bertz CT molecular complexity index is 5430. The molecule has 0 unspecified atom stereocenters. The number of aliphatic hydroxyl groups is 1. The predicted molar refractivity (Wildman–Crippen MR) is 531 cm³/mol. The fourth-order valence-electron chi connectivity index (χ4n) is 19.2. The monoisotopic (exact) mass is 2010 g/mol. The summed E-state index contributed by atoms with van der Waals surface area (Å²) in [6.07, 6.45) is 5.56. The van der Waals surface area contributed by atoms with Gasteiger partial charge in [0.1, 0.15) is 84.8 Å². The molecule has 0 spiro atoms. The Morgan fingerprint density at radius 2 is 1.13 bits per heavy atom. The van der Waals surface area contributed by atoms with Crippen LogP contribution in [0.25, 0.3) is 21.8 Å². The molecule has 4 saturated heterocycles. The van der Waals surface area contributed by atoms with Crippen LogP contribution in [-0.4, -0.2) is 317 Å². The number of fused-ring (bicyclic) bond motifs is 5. The van der Waals surface area contributed by atoms with Gasteiger partial charge in [-0.25, -0.2) is 0 Å². The van der Waals surface area contributed by atoms with Gasteiger partial charge in [0.25, 0.3) is 0 Å². The number of carbonyl (C=O) groups is 18. The molecule has 143 heavy (non-hydrogen) atoms. The second-order valence-electron chi connectivity index (χ2n) is 38.1. The number of phenols is 1. The first-order valence-electron chi connectivity index (χ1n) is 49.5. The molecule has 0 bridgehead atoms. The van der Waals surface area contributed by atoms with E-state index in [9.17, 15) is 49.2 Å². The number of primary amides is 1. The fraction of sp³-hybridized carbons (Fsp3) is 0.570. The zero-order valence-electron chi connectivity index (χ0n) is 82.1. The van der Waals surface area contributed by atoms with Crippen molar-refractivity contribution in [2.75, 3.05) is 64.9 Å². The molecule has 10 rings (SSSR count). The molecule has 0 saturated carbocycles. The number of aromatic amines is 1. The van der Waals surface area contributed by atoms with Crippen molar-refractivity contribution in [1.82, 2.24) is 81.9 Å². The highest BCUT2D eigenvalue weighted by molar-refractivity contribution is 8.00. The number of amides is 15. The van der Waals surface area contributed by atoms with Gasteiger partial charge in [-0.2, -0.15) is 0 Å². The summed E-state index contributed by atoms with van der Waals surface area (Å²) in [5.41, 5.74) is 20.7. The number of para-hydroxylation sites is 2. The number of nitrogens with two attached hydrogens (primary N) is 3. The molecule has 5 aliphatic heterocycles. The summed E-state index contributed by atoms with van der Waals surface area (Å²) in [6, 6.07) is 0.124.